The van der Waals surface area contributed by atoms with Gasteiger partial charge in [0.05, 0.1) is 0 Å². The van der Waals surface area contributed by atoms with Gasteiger partial charge in [-0.3, -0.25) is 14.6 Å². The smallest absolute Gasteiger partial charge is 0.300 e. The Morgan fingerprint density at radius 2 is 1.68 bits per heavy atom. The number of carbonyl (C=O) groups excluding carboxylic acids is 3. The van der Waals surface area contributed by atoms with Gasteiger partial charge in [0, 0.05) is 45.4 Å². The van der Waals surface area contributed by atoms with E-state index >= 15 is 0 Å². The summed E-state index contributed by atoms with van der Waals surface area (Å²) in [5, 5.41) is 5.24. The van der Waals surface area contributed by atoms with E-state index in [-0.39, 0.29) is 49.4 Å². The van der Waals surface area contributed by atoms with Crippen molar-refractivity contribution in [3.05, 3.63) is 84.7 Å². The largest absolute Gasteiger partial charge is 0.626 e. The molecular formula is C32H38N2O4SSiY-2. The number of Topliss-reactive ketones (excluding diaryl/α,β-unsaturated/α-hetero) is 1. The van der Waals surface area contributed by atoms with Crippen LogP contribution in [0.5, 0.6) is 0 Å². The van der Waals surface area contributed by atoms with Crippen LogP contribution in [0.1, 0.15) is 54.4 Å². The Bertz CT molecular complexity index is 1250. The van der Waals surface area contributed by atoms with Crippen LogP contribution in [0.2, 0.25) is 5.04 Å². The molecule has 1 aliphatic rings. The van der Waals surface area contributed by atoms with Gasteiger partial charge in [0.2, 0.25) is 5.91 Å². The monoisotopic (exact) mass is 663 g/mol. The third kappa shape index (κ3) is 8.47. The van der Waals surface area contributed by atoms with Crippen molar-refractivity contribution in [2.45, 2.75) is 71.0 Å². The molecule has 1 heterocycles. The van der Waals surface area contributed by atoms with Crippen molar-refractivity contribution in [3.63, 3.8) is 0 Å². The molecule has 1 radical (unpaired) electrons. The van der Waals surface area contributed by atoms with Crippen LogP contribution in [-0.2, 0) is 51.5 Å². The topological polar surface area (TPSA) is 84.8 Å². The van der Waals surface area contributed by atoms with Gasteiger partial charge < -0.3 is 14.5 Å². The Morgan fingerprint density at radius 3 is 2.12 bits per heavy atom. The molecule has 9 heteroatoms. The first-order chi connectivity index (χ1) is 19.0. The number of nitrogens with one attached hydrogen (secondary N) is 1. The molecule has 41 heavy (non-hydrogen) atoms. The molecule has 3 rings (SSSR count). The number of rotatable bonds is 12. The molecule has 1 aliphatic heterocycles. The summed E-state index contributed by atoms with van der Waals surface area (Å²) >= 11 is 1.30. The van der Waals surface area contributed by atoms with Gasteiger partial charge in [-0.2, -0.15) is 12.2 Å². The van der Waals surface area contributed by atoms with Gasteiger partial charge in [0.25, 0.3) is 0 Å². The van der Waals surface area contributed by atoms with Crippen LogP contribution < -0.4 is 15.7 Å². The average molecular weight is 664 g/mol. The number of hydrogen-bond donors (Lipinski definition) is 1. The van der Waals surface area contributed by atoms with Gasteiger partial charge in [-0.15, -0.1) is 11.8 Å². The first-order valence-corrected chi connectivity index (χ1v) is 16.4. The van der Waals surface area contributed by atoms with Crippen molar-refractivity contribution >= 4 is 53.5 Å². The van der Waals surface area contributed by atoms with Gasteiger partial charge in [-0.1, -0.05) is 101 Å². The van der Waals surface area contributed by atoms with Crippen LogP contribution in [0, 0.1) is 6.08 Å². The standard InChI is InChI=1S/C32H38N2O4SSi.Y/c1-7-14-25(33-30(37)32(6)23-39-29(34-32)24(2)36)19-20-26(21-22-35)38-40(31(3,4)5,27-15-10-8-11-16-27)28-17-12-9-13-18-28;/h8-13,15-18,20-21,25H,7,14,23H2,1-6H3,(H,33,37);/q-2;/b26-21+;/t25-,32+;/m1./s1. The molecule has 0 saturated heterocycles. The summed E-state index contributed by atoms with van der Waals surface area (Å²) in [4.78, 5) is 41.0. The number of benzene rings is 2. The van der Waals surface area contributed by atoms with E-state index in [4.69, 9.17) is 4.43 Å². The van der Waals surface area contributed by atoms with E-state index in [0.29, 0.717) is 23.0 Å². The predicted octanol–water partition coefficient (Wildman–Crippen LogP) is 4.69. The van der Waals surface area contributed by atoms with Crippen molar-refractivity contribution in [2.24, 2.45) is 4.99 Å². The van der Waals surface area contributed by atoms with E-state index < -0.39 is 19.9 Å². The number of ketones is 1. The zero-order chi connectivity index (χ0) is 29.4. The third-order valence-electron chi connectivity index (χ3n) is 6.83. The van der Waals surface area contributed by atoms with E-state index in [1.165, 1.54) is 24.8 Å². The number of nitrogens with zero attached hydrogens (tertiary/aromatic N) is 1. The zero-order valence-corrected chi connectivity index (χ0v) is 29.3. The summed E-state index contributed by atoms with van der Waals surface area (Å²) in [6.45, 7) is 11.7. The quantitative estimate of drug-likeness (QED) is 0.117. The molecule has 2 aromatic carbocycles. The minimum absolute atomic E-state index is 0. The zero-order valence-electron chi connectivity index (χ0n) is 24.7. The first-order valence-electron chi connectivity index (χ1n) is 13.5. The molecule has 0 bridgehead atoms. The first kappa shape index (κ1) is 35.1. The second-order valence-electron chi connectivity index (χ2n) is 11.1. The fourth-order valence-electron chi connectivity index (χ4n) is 4.76. The summed E-state index contributed by atoms with van der Waals surface area (Å²) in [5.41, 5.74) is -1.03. The molecule has 2 atom stereocenters. The molecule has 0 aromatic heterocycles. The normalized spacial score (nSPS) is 18.3. The van der Waals surface area contributed by atoms with Gasteiger partial charge in [-0.05, 0) is 41.1 Å². The molecule has 6 nitrogen and oxygen atoms in total. The summed E-state index contributed by atoms with van der Waals surface area (Å²) < 4.78 is 6.95. The maximum absolute atomic E-state index is 13.2. The number of hydrogen-bond acceptors (Lipinski definition) is 6. The predicted molar refractivity (Wildman–Crippen MR) is 166 cm³/mol. The number of aliphatic imine (C=N–C) groups is 1. The summed E-state index contributed by atoms with van der Waals surface area (Å²) in [6, 6.07) is 19.8. The SMILES string of the molecule is CCC[C@H]([C-]=C/C(=C\[C-]=O)O[Si](c1ccccc1)(c1ccccc1)C(C)(C)C)NC(=O)[C@]1(C)CSC(C(C)=O)=N1.[Y]. The Hall–Kier alpha value is -2.13. The second-order valence-corrected chi connectivity index (χ2v) is 16.3. The third-order valence-corrected chi connectivity index (χ3v) is 13.1. The minimum atomic E-state index is -2.98. The number of amides is 1. The van der Waals surface area contributed by atoms with Crippen molar-refractivity contribution in [2.75, 3.05) is 5.75 Å². The van der Waals surface area contributed by atoms with E-state index in [9.17, 15) is 14.4 Å². The Labute approximate surface area is 274 Å². The summed E-state index contributed by atoms with van der Waals surface area (Å²) in [5.74, 6) is 0.326. The molecule has 1 amide bonds. The summed E-state index contributed by atoms with van der Waals surface area (Å²) in [7, 11) is -2.98. The summed E-state index contributed by atoms with van der Waals surface area (Å²) in [6.07, 6.45) is 9.50. The van der Waals surface area contributed by atoms with Crippen molar-refractivity contribution in [1.82, 2.24) is 5.32 Å². The van der Waals surface area contributed by atoms with E-state index in [1.807, 2.05) is 49.6 Å². The Kier molecular flexibility index (Phi) is 13.1. The maximum Gasteiger partial charge on any atom is 0.300 e. The van der Waals surface area contributed by atoms with Crippen molar-refractivity contribution in [3.8, 4) is 0 Å². The molecule has 0 fully saturated rings. The molecule has 215 valence electrons. The maximum atomic E-state index is 13.2. The van der Waals surface area contributed by atoms with Crippen LogP contribution in [0.4, 0.5) is 0 Å². The molecular weight excluding hydrogens is 625 g/mol. The van der Waals surface area contributed by atoms with E-state index in [0.717, 1.165) is 16.8 Å². The van der Waals surface area contributed by atoms with Gasteiger partial charge in [0.15, 0.2) is 5.78 Å². The minimum Gasteiger partial charge on any atom is -0.626 e. The molecule has 2 aromatic rings. The van der Waals surface area contributed by atoms with E-state index in [1.54, 1.807) is 13.0 Å². The van der Waals surface area contributed by atoms with Gasteiger partial charge >= 0.3 is 8.32 Å². The fraction of sp³-hybridized carbons (Fsp3) is 0.375. The van der Waals surface area contributed by atoms with Crippen LogP contribution >= 0.6 is 11.8 Å². The second kappa shape index (κ2) is 15.4. The van der Waals surface area contributed by atoms with Crippen molar-refractivity contribution < 1.29 is 51.5 Å². The molecule has 1 N–H and O–H groups in total. The number of allylic oxidation sites excluding steroid dienone is 2. The van der Waals surface area contributed by atoms with Crippen molar-refractivity contribution in [1.29, 1.82) is 0 Å². The Balaban J connectivity index is 0.00000588. The Morgan fingerprint density at radius 1 is 1.12 bits per heavy atom. The molecule has 0 saturated carbocycles. The van der Waals surface area contributed by atoms with Crippen LogP contribution in [0.15, 0.2) is 83.6 Å². The van der Waals surface area contributed by atoms with Crippen LogP contribution in [0.3, 0.4) is 0 Å². The van der Waals surface area contributed by atoms with Gasteiger partial charge in [-0.25, -0.2) is 6.08 Å². The van der Waals surface area contributed by atoms with Crippen LogP contribution in [0.25, 0.3) is 0 Å². The van der Waals surface area contributed by atoms with Crippen LogP contribution in [-0.4, -0.2) is 48.7 Å². The van der Waals surface area contributed by atoms with E-state index in [2.05, 4.69) is 61.4 Å². The number of thioether (sulfide) groups is 1. The molecule has 0 aliphatic carbocycles. The van der Waals surface area contributed by atoms with Gasteiger partial charge in [0.1, 0.15) is 10.6 Å². The molecule has 0 spiro atoms. The fourth-order valence-corrected chi connectivity index (χ4v) is 10.2. The average Bonchev–Trinajstić information content (AvgIpc) is 3.34. The number of carbonyl (C=O) groups is 2. The molecule has 0 unspecified atom stereocenters.